The average molecular weight is 374 g/mol. The van der Waals surface area contributed by atoms with Crippen molar-refractivity contribution in [3.05, 3.63) is 94.2 Å². The van der Waals surface area contributed by atoms with Crippen LogP contribution in [0.3, 0.4) is 0 Å². The molecule has 0 saturated heterocycles. The van der Waals surface area contributed by atoms with Gasteiger partial charge in [-0.25, -0.2) is 4.79 Å². The lowest BCUT2D eigenvalue weighted by Crippen LogP contribution is -2.26. The number of nitrogens with zero attached hydrogens (tertiary/aromatic N) is 1. The topological polar surface area (TPSA) is 69.6 Å². The molecule has 0 radical (unpaired) electrons. The van der Waals surface area contributed by atoms with Crippen LogP contribution in [-0.4, -0.2) is 35.0 Å². The highest BCUT2D eigenvalue weighted by molar-refractivity contribution is 5.94. The summed E-state index contributed by atoms with van der Waals surface area (Å²) in [5, 5.41) is 11.9. The van der Waals surface area contributed by atoms with E-state index in [4.69, 9.17) is 5.11 Å². The molecule has 0 atom stereocenters. The maximum absolute atomic E-state index is 12.6. The van der Waals surface area contributed by atoms with Gasteiger partial charge >= 0.3 is 5.97 Å². The molecule has 1 aliphatic heterocycles. The molecule has 28 heavy (non-hydrogen) atoms. The zero-order valence-electron chi connectivity index (χ0n) is 15.5. The van der Waals surface area contributed by atoms with Crippen LogP contribution in [0.5, 0.6) is 0 Å². The van der Waals surface area contributed by atoms with Gasteiger partial charge in [-0.05, 0) is 65.9 Å². The number of carbonyl (C=O) groups excluding carboxylic acids is 1. The van der Waals surface area contributed by atoms with Crippen molar-refractivity contribution < 1.29 is 14.7 Å². The van der Waals surface area contributed by atoms with Gasteiger partial charge in [0.2, 0.25) is 0 Å². The minimum atomic E-state index is -0.955. The van der Waals surface area contributed by atoms with Crippen molar-refractivity contribution in [1.82, 2.24) is 10.2 Å². The zero-order chi connectivity index (χ0) is 19.5. The van der Waals surface area contributed by atoms with E-state index < -0.39 is 5.97 Å². The third-order valence-electron chi connectivity index (χ3n) is 5.32. The van der Waals surface area contributed by atoms with Crippen LogP contribution in [-0.2, 0) is 19.4 Å². The Balaban J connectivity index is 1.39. The number of benzene rings is 2. The van der Waals surface area contributed by atoms with Gasteiger partial charge in [-0.3, -0.25) is 4.79 Å². The lowest BCUT2D eigenvalue weighted by molar-refractivity contribution is 0.0696. The van der Waals surface area contributed by atoms with Gasteiger partial charge in [-0.2, -0.15) is 0 Å². The van der Waals surface area contributed by atoms with Gasteiger partial charge in [0, 0.05) is 30.9 Å². The van der Waals surface area contributed by atoms with Crippen LogP contribution in [0.25, 0.3) is 0 Å². The predicted octanol–water partition coefficient (Wildman–Crippen LogP) is 3.17. The molecular weight excluding hydrogens is 352 g/mol. The highest BCUT2D eigenvalue weighted by atomic mass is 16.4. The number of amides is 1. The SMILES string of the molecule is O=C(O)c1ccc(CNC(=O)c2ccc3c(c2)CCN(C2=CC=C2)CC3)cc1. The molecule has 0 unspecified atom stereocenters. The first-order chi connectivity index (χ1) is 13.6. The Morgan fingerprint density at radius 3 is 2.29 bits per heavy atom. The fraction of sp³-hybridized carbons (Fsp3) is 0.217. The van der Waals surface area contributed by atoms with Gasteiger partial charge in [-0.15, -0.1) is 0 Å². The lowest BCUT2D eigenvalue weighted by atomic mass is 10.00. The van der Waals surface area contributed by atoms with Crippen molar-refractivity contribution in [2.24, 2.45) is 0 Å². The normalized spacial score (nSPS) is 15.1. The Bertz CT molecular complexity index is 974. The number of nitrogens with one attached hydrogen (secondary N) is 1. The van der Waals surface area contributed by atoms with Gasteiger partial charge in [0.25, 0.3) is 5.91 Å². The second-order valence-electron chi connectivity index (χ2n) is 7.11. The minimum Gasteiger partial charge on any atom is -0.478 e. The molecule has 5 nitrogen and oxygen atoms in total. The summed E-state index contributed by atoms with van der Waals surface area (Å²) in [7, 11) is 0. The summed E-state index contributed by atoms with van der Waals surface area (Å²) in [6.45, 7) is 2.33. The van der Waals surface area contributed by atoms with Crippen molar-refractivity contribution in [1.29, 1.82) is 0 Å². The first-order valence-electron chi connectivity index (χ1n) is 9.46. The molecule has 5 heteroatoms. The Kier molecular flexibility index (Phi) is 4.98. The zero-order valence-corrected chi connectivity index (χ0v) is 15.5. The Hall–Kier alpha value is -3.34. The maximum atomic E-state index is 12.6. The summed E-state index contributed by atoms with van der Waals surface area (Å²) >= 11 is 0. The smallest absolute Gasteiger partial charge is 0.335 e. The number of carboxylic acid groups (broad SMARTS) is 1. The van der Waals surface area contributed by atoms with E-state index in [0.29, 0.717) is 12.1 Å². The molecule has 1 heterocycles. The molecule has 0 bridgehead atoms. The van der Waals surface area contributed by atoms with E-state index in [-0.39, 0.29) is 11.5 Å². The molecule has 0 saturated carbocycles. The van der Waals surface area contributed by atoms with Crippen LogP contribution in [0.1, 0.15) is 37.4 Å². The predicted molar refractivity (Wildman–Crippen MR) is 107 cm³/mol. The Labute approximate surface area is 164 Å². The van der Waals surface area contributed by atoms with Crippen LogP contribution < -0.4 is 5.32 Å². The second-order valence-corrected chi connectivity index (χ2v) is 7.11. The molecular formula is C23H22N2O3. The molecule has 2 aliphatic rings. The van der Waals surface area contributed by atoms with Crippen molar-refractivity contribution >= 4 is 11.9 Å². The first kappa shape index (κ1) is 18.0. The average Bonchev–Trinajstić information content (AvgIpc) is 2.87. The number of aromatic carboxylic acids is 1. The minimum absolute atomic E-state index is 0.115. The van der Waals surface area contributed by atoms with Crippen molar-refractivity contribution in [3.8, 4) is 0 Å². The summed E-state index contributed by atoms with van der Waals surface area (Å²) in [4.78, 5) is 25.9. The largest absolute Gasteiger partial charge is 0.478 e. The van der Waals surface area contributed by atoms with Crippen LogP contribution >= 0.6 is 0 Å². The Morgan fingerprint density at radius 2 is 1.64 bits per heavy atom. The fourth-order valence-electron chi connectivity index (χ4n) is 3.57. The standard InChI is InChI=1S/C23H22N2O3/c26-22(24-15-16-4-6-18(7-5-16)23(27)28)20-9-8-17-10-12-25(21-2-1-3-21)13-11-19(17)14-20/h1-9,14H,10-13,15H2,(H,24,26)(H,27,28). The quantitative estimate of drug-likeness (QED) is 0.843. The number of carbonyl (C=O) groups is 2. The number of allylic oxidation sites excluding steroid dienone is 3. The summed E-state index contributed by atoms with van der Waals surface area (Å²) in [6, 6.07) is 12.5. The maximum Gasteiger partial charge on any atom is 0.335 e. The van der Waals surface area contributed by atoms with Gasteiger partial charge in [0.15, 0.2) is 0 Å². The molecule has 2 aromatic carbocycles. The highest BCUT2D eigenvalue weighted by Gasteiger charge is 2.17. The second kappa shape index (κ2) is 7.72. The van der Waals surface area contributed by atoms with E-state index in [0.717, 1.165) is 31.5 Å². The van der Waals surface area contributed by atoms with Crippen LogP contribution in [0, 0.1) is 0 Å². The molecule has 1 aliphatic carbocycles. The number of carboxylic acids is 1. The molecule has 4 rings (SSSR count). The third-order valence-corrected chi connectivity index (χ3v) is 5.32. The number of hydrogen-bond acceptors (Lipinski definition) is 3. The molecule has 0 fully saturated rings. The molecule has 0 aromatic heterocycles. The van der Waals surface area contributed by atoms with Crippen molar-refractivity contribution in [2.45, 2.75) is 19.4 Å². The summed E-state index contributed by atoms with van der Waals surface area (Å²) in [5.41, 5.74) is 5.61. The molecule has 1 amide bonds. The first-order valence-corrected chi connectivity index (χ1v) is 9.46. The molecule has 2 aromatic rings. The van der Waals surface area contributed by atoms with Crippen LogP contribution in [0.15, 0.2) is 66.4 Å². The van der Waals surface area contributed by atoms with Crippen LogP contribution in [0.2, 0.25) is 0 Å². The van der Waals surface area contributed by atoms with E-state index in [1.165, 1.54) is 16.8 Å². The van der Waals surface area contributed by atoms with Crippen molar-refractivity contribution in [2.75, 3.05) is 13.1 Å². The summed E-state index contributed by atoms with van der Waals surface area (Å²) in [5.74, 6) is -1.07. The van der Waals surface area contributed by atoms with Gasteiger partial charge < -0.3 is 15.3 Å². The molecule has 0 spiro atoms. The highest BCUT2D eigenvalue weighted by Crippen LogP contribution is 2.22. The van der Waals surface area contributed by atoms with E-state index in [1.54, 1.807) is 24.3 Å². The lowest BCUT2D eigenvalue weighted by Gasteiger charge is -2.26. The van der Waals surface area contributed by atoms with Gasteiger partial charge in [-0.1, -0.05) is 24.3 Å². The Morgan fingerprint density at radius 1 is 0.964 bits per heavy atom. The number of hydrogen-bond donors (Lipinski definition) is 2. The van der Waals surface area contributed by atoms with Gasteiger partial charge in [0.1, 0.15) is 0 Å². The van der Waals surface area contributed by atoms with Crippen molar-refractivity contribution in [3.63, 3.8) is 0 Å². The monoisotopic (exact) mass is 374 g/mol. The molecule has 142 valence electrons. The van der Waals surface area contributed by atoms with Gasteiger partial charge in [0.05, 0.1) is 5.56 Å². The van der Waals surface area contributed by atoms with E-state index in [2.05, 4.69) is 34.5 Å². The van der Waals surface area contributed by atoms with E-state index in [1.807, 2.05) is 12.1 Å². The fourth-order valence-corrected chi connectivity index (χ4v) is 3.57. The van der Waals surface area contributed by atoms with E-state index >= 15 is 0 Å². The van der Waals surface area contributed by atoms with E-state index in [9.17, 15) is 9.59 Å². The summed E-state index contributed by atoms with van der Waals surface area (Å²) < 4.78 is 0. The third kappa shape index (κ3) is 3.83. The van der Waals surface area contributed by atoms with Crippen LogP contribution in [0.4, 0.5) is 0 Å². The molecule has 2 N–H and O–H groups in total. The summed E-state index contributed by atoms with van der Waals surface area (Å²) in [6.07, 6.45) is 8.25. The number of rotatable bonds is 5. The number of fused-ring (bicyclic) bond motifs is 1.